The molecule has 0 unspecified atom stereocenters. The van der Waals surface area contributed by atoms with Crippen molar-refractivity contribution in [3.05, 3.63) is 79.2 Å². The van der Waals surface area contributed by atoms with E-state index in [-0.39, 0.29) is 0 Å². The van der Waals surface area contributed by atoms with Crippen LogP contribution in [-0.2, 0) is 0 Å². The number of anilines is 1. The fourth-order valence-corrected chi connectivity index (χ4v) is 1.56. The summed E-state index contributed by atoms with van der Waals surface area (Å²) in [5.41, 5.74) is 1.97. The van der Waals surface area contributed by atoms with E-state index in [1.54, 1.807) is 6.08 Å². The van der Waals surface area contributed by atoms with Gasteiger partial charge in [-0.2, -0.15) is 0 Å². The van der Waals surface area contributed by atoms with Crippen LogP contribution < -0.4 is 10.1 Å². The summed E-state index contributed by atoms with van der Waals surface area (Å²) in [6.45, 7) is 7.58. The number of para-hydroxylation sites is 1. The number of nitrogens with one attached hydrogen (secondary N) is 1. The Hall–Kier alpha value is -2.48. The second-order valence-corrected chi connectivity index (χ2v) is 3.79. The molecule has 0 aliphatic rings. The molecule has 0 atom stereocenters. The molecule has 2 aromatic rings. The lowest BCUT2D eigenvalue weighted by Crippen LogP contribution is -2.05. The molecule has 90 valence electrons. The first-order chi connectivity index (χ1) is 8.78. The molecule has 0 bridgehead atoms. The lowest BCUT2D eigenvalue weighted by atomic mass is 10.2. The molecule has 0 saturated heterocycles. The summed E-state index contributed by atoms with van der Waals surface area (Å²) in [5.74, 6) is 1.25. The summed E-state index contributed by atoms with van der Waals surface area (Å²) >= 11 is 0. The summed E-state index contributed by atoms with van der Waals surface area (Å²) in [5, 5.41) is 3.10. The van der Waals surface area contributed by atoms with Gasteiger partial charge in [0, 0.05) is 5.69 Å². The van der Waals surface area contributed by atoms with Crippen molar-refractivity contribution in [2.24, 2.45) is 0 Å². The Morgan fingerprint density at radius 2 is 1.83 bits per heavy atom. The van der Waals surface area contributed by atoms with Crippen molar-refractivity contribution in [2.75, 3.05) is 5.32 Å². The normalized spacial score (nSPS) is 9.56. The summed E-state index contributed by atoms with van der Waals surface area (Å²) < 4.78 is 5.56. The van der Waals surface area contributed by atoms with E-state index in [1.165, 1.54) is 0 Å². The molecule has 0 spiro atoms. The minimum atomic E-state index is 0.488. The molecule has 0 aliphatic heterocycles. The fraction of sp³-hybridized carbons (Fsp3) is 0. The van der Waals surface area contributed by atoms with E-state index in [2.05, 4.69) is 18.5 Å². The van der Waals surface area contributed by atoms with Crippen molar-refractivity contribution in [1.82, 2.24) is 0 Å². The molecule has 2 aromatic carbocycles. The summed E-state index contributed by atoms with van der Waals surface area (Å²) in [7, 11) is 0. The third-order valence-corrected chi connectivity index (χ3v) is 2.39. The predicted molar refractivity (Wildman–Crippen MR) is 76.4 cm³/mol. The SMILES string of the molecule is C=Cc1cccc(NC(=C)Oc2ccccc2)c1. The van der Waals surface area contributed by atoms with E-state index < -0.39 is 0 Å². The zero-order valence-corrected chi connectivity index (χ0v) is 10.1. The highest BCUT2D eigenvalue weighted by Crippen LogP contribution is 2.16. The summed E-state index contributed by atoms with van der Waals surface area (Å²) in [6.07, 6.45) is 1.80. The van der Waals surface area contributed by atoms with Gasteiger partial charge in [0.15, 0.2) is 5.88 Å². The van der Waals surface area contributed by atoms with Crippen molar-refractivity contribution in [3.63, 3.8) is 0 Å². The lowest BCUT2D eigenvalue weighted by Gasteiger charge is -2.11. The Bertz CT molecular complexity index is 546. The molecule has 1 N–H and O–H groups in total. The molecule has 2 heteroatoms. The molecular formula is C16H15NO. The molecule has 0 radical (unpaired) electrons. The summed E-state index contributed by atoms with van der Waals surface area (Å²) in [4.78, 5) is 0. The van der Waals surface area contributed by atoms with Crippen LogP contribution in [0.1, 0.15) is 5.56 Å². The van der Waals surface area contributed by atoms with Gasteiger partial charge in [0.25, 0.3) is 0 Å². The van der Waals surface area contributed by atoms with Crippen molar-refractivity contribution >= 4 is 11.8 Å². The first-order valence-electron chi connectivity index (χ1n) is 5.69. The number of benzene rings is 2. The highest BCUT2D eigenvalue weighted by molar-refractivity contribution is 5.57. The van der Waals surface area contributed by atoms with Crippen LogP contribution in [0.2, 0.25) is 0 Å². The van der Waals surface area contributed by atoms with Gasteiger partial charge in [-0.3, -0.25) is 0 Å². The standard InChI is InChI=1S/C16H15NO/c1-3-14-8-7-9-15(12-14)17-13(2)18-16-10-5-4-6-11-16/h3-12,17H,1-2H2. The molecule has 0 aliphatic carbocycles. The molecule has 0 fully saturated rings. The largest absolute Gasteiger partial charge is 0.442 e. The molecule has 0 aromatic heterocycles. The van der Waals surface area contributed by atoms with E-state index in [9.17, 15) is 0 Å². The highest BCUT2D eigenvalue weighted by Gasteiger charge is 1.98. The molecule has 18 heavy (non-hydrogen) atoms. The predicted octanol–water partition coefficient (Wildman–Crippen LogP) is 4.29. The maximum Gasteiger partial charge on any atom is 0.190 e. The van der Waals surface area contributed by atoms with E-state index in [1.807, 2.05) is 54.6 Å². The number of ether oxygens (including phenoxy) is 1. The second-order valence-electron chi connectivity index (χ2n) is 3.79. The van der Waals surface area contributed by atoms with Gasteiger partial charge in [-0.1, -0.05) is 43.0 Å². The average molecular weight is 237 g/mol. The van der Waals surface area contributed by atoms with Crippen LogP contribution in [0.3, 0.4) is 0 Å². The molecule has 2 nitrogen and oxygen atoms in total. The van der Waals surface area contributed by atoms with Gasteiger partial charge in [-0.25, -0.2) is 0 Å². The Balaban J connectivity index is 2.01. The maximum atomic E-state index is 5.56. The number of hydrogen-bond acceptors (Lipinski definition) is 2. The van der Waals surface area contributed by atoms with Crippen LogP contribution in [0.15, 0.2) is 73.6 Å². The first kappa shape index (κ1) is 12.0. The maximum absolute atomic E-state index is 5.56. The highest BCUT2D eigenvalue weighted by atomic mass is 16.5. The van der Waals surface area contributed by atoms with Crippen LogP contribution in [-0.4, -0.2) is 0 Å². The van der Waals surface area contributed by atoms with Crippen molar-refractivity contribution < 1.29 is 4.74 Å². The van der Waals surface area contributed by atoms with Gasteiger partial charge in [-0.15, -0.1) is 0 Å². The summed E-state index contributed by atoms with van der Waals surface area (Å²) in [6, 6.07) is 17.4. The Kier molecular flexibility index (Phi) is 3.82. The zero-order chi connectivity index (χ0) is 12.8. The van der Waals surface area contributed by atoms with E-state index >= 15 is 0 Å². The average Bonchev–Trinajstić information content (AvgIpc) is 2.40. The molecule has 2 rings (SSSR count). The van der Waals surface area contributed by atoms with Gasteiger partial charge in [0.2, 0.25) is 0 Å². The fourth-order valence-electron chi connectivity index (χ4n) is 1.56. The third kappa shape index (κ3) is 3.25. The lowest BCUT2D eigenvalue weighted by molar-refractivity contribution is 0.435. The van der Waals surface area contributed by atoms with E-state index in [4.69, 9.17) is 4.74 Å². The minimum absolute atomic E-state index is 0.488. The smallest absolute Gasteiger partial charge is 0.190 e. The van der Waals surface area contributed by atoms with Crippen LogP contribution in [0, 0.1) is 0 Å². The van der Waals surface area contributed by atoms with Gasteiger partial charge >= 0.3 is 0 Å². The van der Waals surface area contributed by atoms with Gasteiger partial charge in [0.1, 0.15) is 5.75 Å². The van der Waals surface area contributed by atoms with Gasteiger partial charge < -0.3 is 10.1 Å². The van der Waals surface area contributed by atoms with Crippen LogP contribution >= 0.6 is 0 Å². The molecular weight excluding hydrogens is 222 g/mol. The molecule has 0 amide bonds. The van der Waals surface area contributed by atoms with Crippen molar-refractivity contribution in [1.29, 1.82) is 0 Å². The molecule has 0 heterocycles. The zero-order valence-electron chi connectivity index (χ0n) is 10.1. The van der Waals surface area contributed by atoms with Crippen molar-refractivity contribution in [2.45, 2.75) is 0 Å². The molecule has 0 saturated carbocycles. The Labute approximate surface area is 107 Å². The van der Waals surface area contributed by atoms with Gasteiger partial charge in [-0.05, 0) is 36.4 Å². The first-order valence-corrected chi connectivity index (χ1v) is 5.69. The Morgan fingerprint density at radius 3 is 2.56 bits per heavy atom. The van der Waals surface area contributed by atoms with Crippen LogP contribution in [0.5, 0.6) is 5.75 Å². The quantitative estimate of drug-likeness (QED) is 0.783. The van der Waals surface area contributed by atoms with E-state index in [0.717, 1.165) is 17.0 Å². The van der Waals surface area contributed by atoms with Crippen molar-refractivity contribution in [3.8, 4) is 5.75 Å². The third-order valence-electron chi connectivity index (χ3n) is 2.39. The minimum Gasteiger partial charge on any atom is -0.442 e. The Morgan fingerprint density at radius 1 is 1.06 bits per heavy atom. The monoisotopic (exact) mass is 237 g/mol. The second kappa shape index (κ2) is 5.73. The van der Waals surface area contributed by atoms with Gasteiger partial charge in [0.05, 0.1) is 0 Å². The van der Waals surface area contributed by atoms with Crippen LogP contribution in [0.25, 0.3) is 6.08 Å². The number of hydrogen-bond donors (Lipinski definition) is 1. The van der Waals surface area contributed by atoms with Crippen LogP contribution in [0.4, 0.5) is 5.69 Å². The van der Waals surface area contributed by atoms with E-state index in [0.29, 0.717) is 5.88 Å². The topological polar surface area (TPSA) is 21.3 Å². The number of rotatable bonds is 5.